The monoisotopic (exact) mass is 400 g/mol. The molecule has 1 N–H and O–H groups in total. The van der Waals surface area contributed by atoms with Crippen molar-refractivity contribution in [3.8, 4) is 5.69 Å². The van der Waals surface area contributed by atoms with E-state index in [-0.39, 0.29) is 17.1 Å². The first-order valence-corrected chi connectivity index (χ1v) is 10.0. The van der Waals surface area contributed by atoms with Crippen LogP contribution >= 0.6 is 0 Å². The third-order valence-corrected chi connectivity index (χ3v) is 6.10. The fraction of sp³-hybridized carbons (Fsp3) is 0.211. The molecule has 0 saturated carbocycles. The first kappa shape index (κ1) is 19.7. The van der Waals surface area contributed by atoms with E-state index in [0.717, 1.165) is 23.0 Å². The zero-order valence-corrected chi connectivity index (χ0v) is 16.5. The highest BCUT2D eigenvalue weighted by Gasteiger charge is 2.22. The minimum Gasteiger partial charge on any atom is -0.258 e. The van der Waals surface area contributed by atoms with E-state index in [1.807, 2.05) is 44.2 Å². The summed E-state index contributed by atoms with van der Waals surface area (Å²) in [6.45, 7) is 5.32. The number of para-hydroxylation sites is 1. The Balaban J connectivity index is 1.89. The van der Waals surface area contributed by atoms with Gasteiger partial charge in [0, 0.05) is 29.9 Å². The van der Waals surface area contributed by atoms with Gasteiger partial charge in [-0.2, -0.15) is 5.10 Å². The van der Waals surface area contributed by atoms with Crippen LogP contribution in [-0.4, -0.2) is 23.1 Å². The summed E-state index contributed by atoms with van der Waals surface area (Å²) in [5.74, 6) is 0. The molecule has 1 aromatic heterocycles. The number of benzene rings is 2. The lowest BCUT2D eigenvalue weighted by Gasteiger charge is -2.10. The predicted molar refractivity (Wildman–Crippen MR) is 105 cm³/mol. The molecule has 0 atom stereocenters. The van der Waals surface area contributed by atoms with E-state index in [2.05, 4.69) is 9.82 Å². The Morgan fingerprint density at radius 2 is 1.79 bits per heavy atom. The molecule has 146 valence electrons. The Kier molecular flexibility index (Phi) is 5.30. The van der Waals surface area contributed by atoms with E-state index in [1.165, 1.54) is 12.1 Å². The van der Waals surface area contributed by atoms with Crippen LogP contribution in [0.3, 0.4) is 0 Å². The van der Waals surface area contributed by atoms with Crippen LogP contribution in [0.4, 0.5) is 5.69 Å². The number of nitrogens with zero attached hydrogens (tertiary/aromatic N) is 3. The quantitative estimate of drug-likeness (QED) is 0.505. The van der Waals surface area contributed by atoms with Gasteiger partial charge >= 0.3 is 0 Å². The maximum atomic E-state index is 12.7. The van der Waals surface area contributed by atoms with Crippen LogP contribution in [0.1, 0.15) is 22.5 Å². The van der Waals surface area contributed by atoms with Crippen molar-refractivity contribution in [3.63, 3.8) is 0 Å². The summed E-state index contributed by atoms with van der Waals surface area (Å²) in [6.07, 6.45) is 0. The lowest BCUT2D eigenvalue weighted by atomic mass is 10.2. The molecule has 9 heteroatoms. The van der Waals surface area contributed by atoms with Gasteiger partial charge in [0.1, 0.15) is 0 Å². The van der Waals surface area contributed by atoms with E-state index in [4.69, 9.17) is 0 Å². The fourth-order valence-electron chi connectivity index (χ4n) is 2.99. The summed E-state index contributed by atoms with van der Waals surface area (Å²) in [7, 11) is -3.93. The van der Waals surface area contributed by atoms with Gasteiger partial charge in [-0.3, -0.25) is 10.1 Å². The number of sulfonamides is 1. The Morgan fingerprint density at radius 1 is 1.11 bits per heavy atom. The van der Waals surface area contributed by atoms with Gasteiger partial charge < -0.3 is 0 Å². The number of nitro benzene ring substituents is 1. The van der Waals surface area contributed by atoms with Crippen LogP contribution in [0.15, 0.2) is 53.4 Å². The van der Waals surface area contributed by atoms with Crippen LogP contribution < -0.4 is 4.72 Å². The third kappa shape index (κ3) is 3.80. The Hall–Kier alpha value is -3.04. The second-order valence-electron chi connectivity index (χ2n) is 6.43. The van der Waals surface area contributed by atoms with Gasteiger partial charge in [-0.1, -0.05) is 24.3 Å². The zero-order valence-electron chi connectivity index (χ0n) is 15.7. The summed E-state index contributed by atoms with van der Waals surface area (Å²) in [5, 5.41) is 15.5. The number of non-ortho nitro benzene ring substituents is 1. The summed E-state index contributed by atoms with van der Waals surface area (Å²) >= 11 is 0. The highest BCUT2D eigenvalue weighted by molar-refractivity contribution is 7.89. The van der Waals surface area contributed by atoms with Crippen LogP contribution in [0.5, 0.6) is 0 Å². The van der Waals surface area contributed by atoms with Crippen LogP contribution in [0.25, 0.3) is 5.69 Å². The first-order valence-electron chi connectivity index (χ1n) is 8.56. The normalized spacial score (nSPS) is 11.5. The standard InChI is InChI=1S/C19H20N4O4S/c1-13-9-10-17(23(24)25)11-19(13)28(26,27)20-12-18-14(2)21-22(15(18)3)16-7-5-4-6-8-16/h4-11,20H,12H2,1-3H3. The van der Waals surface area contributed by atoms with Crippen LogP contribution in [-0.2, 0) is 16.6 Å². The maximum absolute atomic E-state index is 12.7. The average Bonchev–Trinajstić information content (AvgIpc) is 2.94. The number of hydrogen-bond donors (Lipinski definition) is 1. The predicted octanol–water partition coefficient (Wildman–Crippen LogP) is 3.18. The summed E-state index contributed by atoms with van der Waals surface area (Å²) in [6, 6.07) is 13.3. The maximum Gasteiger partial charge on any atom is 0.270 e. The SMILES string of the molecule is Cc1ccc([N+](=O)[O-])cc1S(=O)(=O)NCc1c(C)nn(-c2ccccc2)c1C. The van der Waals surface area contributed by atoms with Crippen molar-refractivity contribution in [2.24, 2.45) is 0 Å². The Bertz CT molecular complexity index is 1140. The largest absolute Gasteiger partial charge is 0.270 e. The minimum atomic E-state index is -3.93. The van der Waals surface area contributed by atoms with Crippen molar-refractivity contribution in [1.82, 2.24) is 14.5 Å². The molecule has 0 spiro atoms. The van der Waals surface area contributed by atoms with E-state index in [0.29, 0.717) is 11.3 Å². The number of aryl methyl sites for hydroxylation is 2. The lowest BCUT2D eigenvalue weighted by Crippen LogP contribution is -2.24. The molecule has 3 rings (SSSR count). The van der Waals surface area contributed by atoms with Crippen molar-refractivity contribution in [2.75, 3.05) is 0 Å². The molecular formula is C19H20N4O4S. The van der Waals surface area contributed by atoms with E-state index in [1.54, 1.807) is 11.6 Å². The van der Waals surface area contributed by atoms with Crippen molar-refractivity contribution in [1.29, 1.82) is 0 Å². The van der Waals surface area contributed by atoms with Gasteiger partial charge in [0.2, 0.25) is 10.0 Å². The van der Waals surface area contributed by atoms with Crippen LogP contribution in [0, 0.1) is 30.9 Å². The molecular weight excluding hydrogens is 380 g/mol. The summed E-state index contributed by atoms with van der Waals surface area (Å²) in [4.78, 5) is 10.3. The molecule has 0 radical (unpaired) electrons. The van der Waals surface area contributed by atoms with Gasteiger partial charge in [0.05, 0.1) is 21.2 Å². The van der Waals surface area contributed by atoms with Crippen molar-refractivity contribution in [2.45, 2.75) is 32.2 Å². The molecule has 28 heavy (non-hydrogen) atoms. The first-order chi connectivity index (χ1) is 13.2. The summed E-state index contributed by atoms with van der Waals surface area (Å²) < 4.78 is 29.8. The van der Waals surface area contributed by atoms with E-state index in [9.17, 15) is 18.5 Å². The van der Waals surface area contributed by atoms with Crippen molar-refractivity contribution < 1.29 is 13.3 Å². The number of rotatable bonds is 6. The number of hydrogen-bond acceptors (Lipinski definition) is 5. The fourth-order valence-corrected chi connectivity index (χ4v) is 4.25. The second-order valence-corrected chi connectivity index (χ2v) is 8.16. The molecule has 0 saturated heterocycles. The Morgan fingerprint density at radius 3 is 2.43 bits per heavy atom. The number of nitrogens with one attached hydrogen (secondary N) is 1. The smallest absolute Gasteiger partial charge is 0.258 e. The highest BCUT2D eigenvalue weighted by atomic mass is 32.2. The van der Waals surface area contributed by atoms with E-state index >= 15 is 0 Å². The number of aromatic nitrogens is 2. The molecule has 0 fully saturated rings. The highest BCUT2D eigenvalue weighted by Crippen LogP contribution is 2.23. The third-order valence-electron chi connectivity index (χ3n) is 4.55. The van der Waals surface area contributed by atoms with Gasteiger partial charge in [0.15, 0.2) is 0 Å². The van der Waals surface area contributed by atoms with Gasteiger partial charge in [-0.05, 0) is 38.5 Å². The minimum absolute atomic E-state index is 0.0367. The molecule has 0 aliphatic rings. The lowest BCUT2D eigenvalue weighted by molar-refractivity contribution is -0.385. The molecule has 0 bridgehead atoms. The topological polar surface area (TPSA) is 107 Å². The molecule has 8 nitrogen and oxygen atoms in total. The van der Waals surface area contributed by atoms with Crippen molar-refractivity contribution in [3.05, 3.63) is 81.2 Å². The Labute approximate surface area is 163 Å². The van der Waals surface area contributed by atoms with Crippen LogP contribution in [0.2, 0.25) is 0 Å². The summed E-state index contributed by atoms with van der Waals surface area (Å²) in [5.41, 5.74) is 3.34. The molecule has 3 aromatic rings. The zero-order chi connectivity index (χ0) is 20.5. The van der Waals surface area contributed by atoms with Gasteiger partial charge in [-0.25, -0.2) is 17.8 Å². The van der Waals surface area contributed by atoms with E-state index < -0.39 is 14.9 Å². The average molecular weight is 400 g/mol. The molecule has 0 unspecified atom stereocenters. The second kappa shape index (κ2) is 7.53. The molecule has 2 aromatic carbocycles. The molecule has 0 amide bonds. The van der Waals surface area contributed by atoms with Crippen molar-refractivity contribution >= 4 is 15.7 Å². The molecule has 0 aliphatic heterocycles. The molecule has 0 aliphatic carbocycles. The van der Waals surface area contributed by atoms with Gasteiger partial charge in [0.25, 0.3) is 5.69 Å². The van der Waals surface area contributed by atoms with Gasteiger partial charge in [-0.15, -0.1) is 0 Å². The molecule has 1 heterocycles. The number of nitro groups is 1.